The van der Waals surface area contributed by atoms with Crippen molar-refractivity contribution in [3.8, 4) is 0 Å². The number of hydrogen-bond acceptors (Lipinski definition) is 2. The fourth-order valence-corrected chi connectivity index (χ4v) is 0.862. The zero-order chi connectivity index (χ0) is 5.82. The smallest absolute Gasteiger partial charge is 0.0485 e. The highest BCUT2D eigenvalue weighted by molar-refractivity contribution is 5.04. The fraction of sp³-hybridized carbons (Fsp3) is 0.667. The molecule has 0 aromatic heterocycles. The maximum atomic E-state index is 8.45. The van der Waals surface area contributed by atoms with Crippen LogP contribution in [0.2, 0.25) is 0 Å². The van der Waals surface area contributed by atoms with Crippen LogP contribution >= 0.6 is 0 Å². The van der Waals surface area contributed by atoms with Crippen LogP contribution in [0, 0.1) is 0 Å². The predicted octanol–water partition coefficient (Wildman–Crippen LogP) is 0.246. The lowest BCUT2D eigenvalue weighted by atomic mass is 10.3. The Morgan fingerprint density at radius 2 is 2.62 bits per heavy atom. The van der Waals surface area contributed by atoms with Gasteiger partial charge >= 0.3 is 0 Å². The van der Waals surface area contributed by atoms with E-state index in [2.05, 4.69) is 11.4 Å². The van der Waals surface area contributed by atoms with E-state index in [1.165, 1.54) is 5.70 Å². The fourth-order valence-electron chi connectivity index (χ4n) is 0.862. The van der Waals surface area contributed by atoms with Crippen molar-refractivity contribution >= 4 is 0 Å². The molecule has 2 nitrogen and oxygen atoms in total. The molecule has 0 bridgehead atoms. The molecule has 1 aliphatic heterocycles. The predicted molar refractivity (Wildman–Crippen MR) is 32.4 cm³/mol. The highest BCUT2D eigenvalue weighted by Crippen LogP contribution is 2.03. The van der Waals surface area contributed by atoms with Gasteiger partial charge in [0.1, 0.15) is 0 Å². The van der Waals surface area contributed by atoms with Gasteiger partial charge in [0.2, 0.25) is 0 Å². The van der Waals surface area contributed by atoms with Gasteiger partial charge in [0, 0.05) is 25.3 Å². The summed E-state index contributed by atoms with van der Waals surface area (Å²) < 4.78 is 0. The molecule has 0 spiro atoms. The van der Waals surface area contributed by atoms with Crippen molar-refractivity contribution in [1.29, 1.82) is 0 Å². The Bertz CT molecular complexity index is 98.7. The molecule has 0 aliphatic carbocycles. The highest BCUT2D eigenvalue weighted by atomic mass is 16.3. The van der Waals surface area contributed by atoms with Gasteiger partial charge in [0.25, 0.3) is 0 Å². The Balaban J connectivity index is 2.23. The first kappa shape index (κ1) is 5.63. The van der Waals surface area contributed by atoms with E-state index in [1.54, 1.807) is 0 Å². The minimum Gasteiger partial charge on any atom is -0.396 e. The Morgan fingerprint density at radius 1 is 1.75 bits per heavy atom. The van der Waals surface area contributed by atoms with E-state index in [1.807, 2.05) is 0 Å². The van der Waals surface area contributed by atoms with Crippen LogP contribution in [0.1, 0.15) is 12.8 Å². The van der Waals surface area contributed by atoms with E-state index in [0.717, 1.165) is 19.4 Å². The summed E-state index contributed by atoms with van der Waals surface area (Å²) in [6, 6.07) is 0. The molecule has 46 valence electrons. The number of rotatable bonds is 2. The molecular weight excluding hydrogens is 102 g/mol. The third kappa shape index (κ3) is 1.23. The van der Waals surface area contributed by atoms with E-state index < -0.39 is 0 Å². The minimum atomic E-state index is 0.263. The number of aliphatic hydroxyl groups excluding tert-OH is 1. The number of hydrogen-bond donors (Lipinski definition) is 2. The Morgan fingerprint density at radius 3 is 3.12 bits per heavy atom. The van der Waals surface area contributed by atoms with Crippen LogP contribution in [0.15, 0.2) is 11.8 Å². The van der Waals surface area contributed by atoms with Crippen LogP contribution < -0.4 is 5.32 Å². The lowest BCUT2D eigenvalue weighted by Gasteiger charge is -1.97. The molecule has 1 heterocycles. The van der Waals surface area contributed by atoms with Gasteiger partial charge in [-0.2, -0.15) is 0 Å². The van der Waals surface area contributed by atoms with Gasteiger partial charge in [-0.1, -0.05) is 6.08 Å². The summed E-state index contributed by atoms with van der Waals surface area (Å²) in [5.74, 6) is 0. The molecule has 0 amide bonds. The maximum absolute atomic E-state index is 8.45. The SMILES string of the molecule is OCCC1=CCCN1. The first-order valence-electron chi connectivity index (χ1n) is 2.97. The second-order valence-corrected chi connectivity index (χ2v) is 1.92. The first-order valence-corrected chi connectivity index (χ1v) is 2.97. The largest absolute Gasteiger partial charge is 0.396 e. The average molecular weight is 113 g/mol. The Kier molecular flexibility index (Phi) is 1.92. The summed E-state index contributed by atoms with van der Waals surface area (Å²) in [6.45, 7) is 1.31. The van der Waals surface area contributed by atoms with E-state index in [0.29, 0.717) is 0 Å². The van der Waals surface area contributed by atoms with Crippen molar-refractivity contribution in [2.24, 2.45) is 0 Å². The van der Waals surface area contributed by atoms with Crippen molar-refractivity contribution in [1.82, 2.24) is 5.32 Å². The highest BCUT2D eigenvalue weighted by Gasteiger charge is 1.99. The summed E-state index contributed by atoms with van der Waals surface area (Å²) in [6.07, 6.45) is 4.05. The van der Waals surface area contributed by atoms with E-state index in [4.69, 9.17) is 5.11 Å². The van der Waals surface area contributed by atoms with Crippen molar-refractivity contribution in [2.45, 2.75) is 12.8 Å². The van der Waals surface area contributed by atoms with E-state index in [9.17, 15) is 0 Å². The van der Waals surface area contributed by atoms with Gasteiger partial charge in [-0.05, 0) is 6.42 Å². The third-order valence-corrected chi connectivity index (χ3v) is 1.27. The molecular formula is C6H11NO. The lowest BCUT2D eigenvalue weighted by Crippen LogP contribution is -2.07. The molecule has 8 heavy (non-hydrogen) atoms. The van der Waals surface area contributed by atoms with Crippen LogP contribution in [0.25, 0.3) is 0 Å². The van der Waals surface area contributed by atoms with Gasteiger partial charge in [-0.3, -0.25) is 0 Å². The van der Waals surface area contributed by atoms with E-state index in [-0.39, 0.29) is 6.61 Å². The van der Waals surface area contributed by atoms with Gasteiger partial charge in [0.05, 0.1) is 0 Å². The first-order chi connectivity index (χ1) is 3.93. The van der Waals surface area contributed by atoms with Crippen LogP contribution in [0.3, 0.4) is 0 Å². The Labute approximate surface area is 49.2 Å². The summed E-state index contributed by atoms with van der Waals surface area (Å²) in [5, 5.41) is 11.6. The molecule has 0 unspecified atom stereocenters. The molecule has 0 aromatic carbocycles. The lowest BCUT2D eigenvalue weighted by molar-refractivity contribution is 0.297. The standard InChI is InChI=1S/C6H11NO/c8-5-3-6-2-1-4-7-6/h2,7-8H,1,3-5H2. The number of nitrogens with one attached hydrogen (secondary N) is 1. The minimum absolute atomic E-state index is 0.263. The van der Waals surface area contributed by atoms with E-state index >= 15 is 0 Å². The molecule has 2 N–H and O–H groups in total. The van der Waals surface area contributed by atoms with Crippen molar-refractivity contribution in [2.75, 3.05) is 13.2 Å². The molecule has 0 fully saturated rings. The summed E-state index contributed by atoms with van der Waals surface area (Å²) in [4.78, 5) is 0. The molecule has 0 saturated heterocycles. The van der Waals surface area contributed by atoms with Gasteiger partial charge in [-0.25, -0.2) is 0 Å². The van der Waals surface area contributed by atoms with Crippen LogP contribution in [-0.4, -0.2) is 18.3 Å². The topological polar surface area (TPSA) is 32.3 Å². The molecule has 0 aromatic rings. The summed E-state index contributed by atoms with van der Waals surface area (Å²) in [5.41, 5.74) is 1.20. The normalized spacial score (nSPS) is 17.9. The van der Waals surface area contributed by atoms with Gasteiger partial charge in [0.15, 0.2) is 0 Å². The molecule has 0 atom stereocenters. The monoisotopic (exact) mass is 113 g/mol. The molecule has 1 rings (SSSR count). The average Bonchev–Trinajstić information content (AvgIpc) is 2.19. The van der Waals surface area contributed by atoms with Crippen molar-refractivity contribution in [3.05, 3.63) is 11.8 Å². The van der Waals surface area contributed by atoms with Gasteiger partial charge < -0.3 is 10.4 Å². The van der Waals surface area contributed by atoms with Gasteiger partial charge in [-0.15, -0.1) is 0 Å². The third-order valence-electron chi connectivity index (χ3n) is 1.27. The summed E-state index contributed by atoms with van der Waals surface area (Å²) in [7, 11) is 0. The summed E-state index contributed by atoms with van der Waals surface area (Å²) >= 11 is 0. The Hall–Kier alpha value is -0.500. The zero-order valence-corrected chi connectivity index (χ0v) is 4.85. The molecule has 0 saturated carbocycles. The second kappa shape index (κ2) is 2.72. The van der Waals surface area contributed by atoms with Crippen molar-refractivity contribution < 1.29 is 5.11 Å². The molecule has 1 aliphatic rings. The number of aliphatic hydroxyl groups is 1. The second-order valence-electron chi connectivity index (χ2n) is 1.92. The van der Waals surface area contributed by atoms with Crippen LogP contribution in [0.4, 0.5) is 0 Å². The maximum Gasteiger partial charge on any atom is 0.0485 e. The molecule has 2 heteroatoms. The quantitative estimate of drug-likeness (QED) is 0.538. The zero-order valence-electron chi connectivity index (χ0n) is 4.85. The van der Waals surface area contributed by atoms with Crippen LogP contribution in [0.5, 0.6) is 0 Å². The van der Waals surface area contributed by atoms with Crippen molar-refractivity contribution in [3.63, 3.8) is 0 Å². The van der Waals surface area contributed by atoms with Crippen LogP contribution in [-0.2, 0) is 0 Å². The molecule has 0 radical (unpaired) electrons.